The van der Waals surface area contributed by atoms with E-state index in [1.165, 1.54) is 18.2 Å². The molecule has 0 spiro atoms. The zero-order valence-corrected chi connectivity index (χ0v) is 9.25. The maximum Gasteiger partial charge on any atom is 0.471 e. The van der Waals surface area contributed by atoms with Crippen LogP contribution in [0, 0.1) is 5.82 Å². The number of benzene rings is 2. The molecule has 0 heterocycles. The topological polar surface area (TPSA) is 49.3 Å². The number of phenols is 1. The van der Waals surface area contributed by atoms with Crippen molar-refractivity contribution in [3.63, 3.8) is 0 Å². The highest BCUT2D eigenvalue weighted by atomic mass is 19.4. The van der Waals surface area contributed by atoms with Gasteiger partial charge >= 0.3 is 12.1 Å². The van der Waals surface area contributed by atoms with Gasteiger partial charge in [0, 0.05) is 11.1 Å². The fourth-order valence-corrected chi connectivity index (χ4v) is 1.57. The van der Waals surface area contributed by atoms with E-state index >= 15 is 0 Å². The molecule has 0 aliphatic carbocycles. The van der Waals surface area contributed by atoms with Crippen LogP contribution in [0.1, 0.15) is 0 Å². The number of aromatic hydroxyl groups is 1. The predicted molar refractivity (Wildman–Crippen MR) is 60.3 cm³/mol. The molecule has 0 bridgehead atoms. The first kappa shape index (κ1) is 13.1. The zero-order chi connectivity index (χ0) is 14.2. The molecule has 1 amide bonds. The molecule has 3 nitrogen and oxygen atoms in total. The van der Waals surface area contributed by atoms with E-state index < -0.39 is 23.7 Å². The monoisotopic (exact) mass is 273 g/mol. The molecule has 2 aromatic rings. The molecule has 19 heavy (non-hydrogen) atoms. The van der Waals surface area contributed by atoms with E-state index in [1.807, 2.05) is 0 Å². The maximum atomic E-state index is 13.0. The molecule has 0 radical (unpaired) electrons. The summed E-state index contributed by atoms with van der Waals surface area (Å²) < 4.78 is 49.2. The molecule has 7 heteroatoms. The number of carbonyl (C=O) groups is 1. The van der Waals surface area contributed by atoms with Crippen LogP contribution < -0.4 is 5.32 Å². The van der Waals surface area contributed by atoms with Crippen molar-refractivity contribution >= 4 is 22.4 Å². The van der Waals surface area contributed by atoms with Crippen molar-refractivity contribution in [2.45, 2.75) is 6.18 Å². The summed E-state index contributed by atoms with van der Waals surface area (Å²) in [6, 6.07) is 5.84. The van der Waals surface area contributed by atoms with Crippen LogP contribution in [0.3, 0.4) is 0 Å². The Balaban J connectivity index is 2.38. The van der Waals surface area contributed by atoms with Crippen molar-refractivity contribution in [1.29, 1.82) is 0 Å². The van der Waals surface area contributed by atoms with Crippen LogP contribution in [0.5, 0.6) is 5.75 Å². The number of halogens is 4. The SMILES string of the molecule is O=C(Nc1ccc2c(O)c(F)ccc2c1)C(F)(F)F. The first-order valence-corrected chi connectivity index (χ1v) is 5.08. The number of fused-ring (bicyclic) bond motifs is 1. The fraction of sp³-hybridized carbons (Fsp3) is 0.0833. The minimum atomic E-state index is -4.99. The zero-order valence-electron chi connectivity index (χ0n) is 9.25. The summed E-state index contributed by atoms with van der Waals surface area (Å²) in [7, 11) is 0. The van der Waals surface area contributed by atoms with E-state index in [0.717, 1.165) is 12.1 Å². The molecule has 0 saturated heterocycles. The third-order valence-electron chi connectivity index (χ3n) is 2.46. The standard InChI is InChI=1S/C12H7F4NO2/c13-9-4-1-6-5-7(2-3-8(6)10(9)18)17-11(19)12(14,15)16/h1-5,18H,(H,17,19). The van der Waals surface area contributed by atoms with Crippen molar-refractivity contribution in [2.75, 3.05) is 5.32 Å². The van der Waals surface area contributed by atoms with Crippen LogP contribution in [0.25, 0.3) is 10.8 Å². The Bertz CT molecular complexity index is 652. The fourth-order valence-electron chi connectivity index (χ4n) is 1.57. The predicted octanol–water partition coefficient (Wildman–Crippen LogP) is 3.19. The Labute approximate surface area is 104 Å². The van der Waals surface area contributed by atoms with Crippen LogP contribution in [-0.2, 0) is 4.79 Å². The van der Waals surface area contributed by atoms with Gasteiger partial charge in [0.15, 0.2) is 11.6 Å². The minimum Gasteiger partial charge on any atom is -0.504 e. The third kappa shape index (κ3) is 2.59. The highest BCUT2D eigenvalue weighted by molar-refractivity contribution is 5.98. The quantitative estimate of drug-likeness (QED) is 0.784. The van der Waals surface area contributed by atoms with Gasteiger partial charge in [0.25, 0.3) is 0 Å². The summed E-state index contributed by atoms with van der Waals surface area (Å²) in [6.07, 6.45) is -4.99. The average molecular weight is 273 g/mol. The summed E-state index contributed by atoms with van der Waals surface area (Å²) in [6.45, 7) is 0. The maximum absolute atomic E-state index is 13.0. The van der Waals surface area contributed by atoms with Gasteiger partial charge < -0.3 is 10.4 Å². The van der Waals surface area contributed by atoms with Crippen LogP contribution in [0.4, 0.5) is 23.2 Å². The summed E-state index contributed by atoms with van der Waals surface area (Å²) in [5.74, 6) is -3.52. The van der Waals surface area contributed by atoms with Crippen molar-refractivity contribution < 1.29 is 27.5 Å². The molecule has 2 N–H and O–H groups in total. The highest BCUT2D eigenvalue weighted by Crippen LogP contribution is 2.30. The molecule has 0 aromatic heterocycles. The largest absolute Gasteiger partial charge is 0.504 e. The Morgan fingerprint density at radius 1 is 1.16 bits per heavy atom. The van der Waals surface area contributed by atoms with Gasteiger partial charge in [-0.3, -0.25) is 4.79 Å². The average Bonchev–Trinajstić information content (AvgIpc) is 2.33. The van der Waals surface area contributed by atoms with Crippen LogP contribution >= 0.6 is 0 Å². The van der Waals surface area contributed by atoms with E-state index in [9.17, 15) is 27.5 Å². The van der Waals surface area contributed by atoms with E-state index in [4.69, 9.17) is 0 Å². The molecule has 2 aromatic carbocycles. The summed E-state index contributed by atoms with van der Waals surface area (Å²) in [5, 5.41) is 11.5. The van der Waals surface area contributed by atoms with Gasteiger partial charge in [0.1, 0.15) is 0 Å². The molecule has 0 unspecified atom stereocenters. The molecule has 0 aliphatic rings. The lowest BCUT2D eigenvalue weighted by molar-refractivity contribution is -0.167. The Morgan fingerprint density at radius 3 is 2.47 bits per heavy atom. The lowest BCUT2D eigenvalue weighted by Crippen LogP contribution is -2.29. The van der Waals surface area contributed by atoms with Crippen molar-refractivity contribution in [1.82, 2.24) is 0 Å². The molecule has 0 aliphatic heterocycles. The number of phenolic OH excluding ortho intramolecular Hbond substituents is 1. The summed E-state index contributed by atoms with van der Waals surface area (Å²) in [4.78, 5) is 10.7. The number of rotatable bonds is 1. The summed E-state index contributed by atoms with van der Waals surface area (Å²) >= 11 is 0. The molecular weight excluding hydrogens is 266 g/mol. The van der Waals surface area contributed by atoms with Crippen molar-refractivity contribution in [3.8, 4) is 5.75 Å². The second-order valence-corrected chi connectivity index (χ2v) is 3.78. The Hall–Kier alpha value is -2.31. The van der Waals surface area contributed by atoms with Crippen LogP contribution in [0.15, 0.2) is 30.3 Å². The number of carbonyl (C=O) groups excluding carboxylic acids is 1. The van der Waals surface area contributed by atoms with Crippen LogP contribution in [-0.4, -0.2) is 17.2 Å². The molecule has 100 valence electrons. The molecule has 0 saturated carbocycles. The van der Waals surface area contributed by atoms with Crippen LogP contribution in [0.2, 0.25) is 0 Å². The number of hydrogen-bond acceptors (Lipinski definition) is 2. The number of amides is 1. The molecule has 0 fully saturated rings. The van der Waals surface area contributed by atoms with Crippen molar-refractivity contribution in [2.24, 2.45) is 0 Å². The van der Waals surface area contributed by atoms with E-state index in [-0.39, 0.29) is 11.1 Å². The Kier molecular flexibility index (Phi) is 3.05. The van der Waals surface area contributed by atoms with E-state index in [1.54, 1.807) is 5.32 Å². The van der Waals surface area contributed by atoms with E-state index in [0.29, 0.717) is 5.39 Å². The van der Waals surface area contributed by atoms with Gasteiger partial charge in [-0.2, -0.15) is 13.2 Å². The number of alkyl halides is 3. The van der Waals surface area contributed by atoms with Gasteiger partial charge in [-0.15, -0.1) is 0 Å². The minimum absolute atomic E-state index is 0.0965. The second kappa shape index (κ2) is 4.42. The lowest BCUT2D eigenvalue weighted by atomic mass is 10.1. The molecular formula is C12H7F4NO2. The lowest BCUT2D eigenvalue weighted by Gasteiger charge is -2.09. The second-order valence-electron chi connectivity index (χ2n) is 3.78. The van der Waals surface area contributed by atoms with Crippen molar-refractivity contribution in [3.05, 3.63) is 36.1 Å². The highest BCUT2D eigenvalue weighted by Gasteiger charge is 2.38. The smallest absolute Gasteiger partial charge is 0.471 e. The van der Waals surface area contributed by atoms with E-state index in [2.05, 4.69) is 0 Å². The Morgan fingerprint density at radius 2 is 1.84 bits per heavy atom. The summed E-state index contributed by atoms with van der Waals surface area (Å²) in [5.41, 5.74) is -0.0965. The number of nitrogens with one attached hydrogen (secondary N) is 1. The van der Waals surface area contributed by atoms with Gasteiger partial charge in [-0.1, -0.05) is 6.07 Å². The van der Waals surface area contributed by atoms with Gasteiger partial charge in [0.2, 0.25) is 0 Å². The third-order valence-corrected chi connectivity index (χ3v) is 2.46. The van der Waals surface area contributed by atoms with Gasteiger partial charge in [-0.05, 0) is 29.7 Å². The first-order valence-electron chi connectivity index (χ1n) is 5.08. The first-order chi connectivity index (χ1) is 8.79. The van der Waals surface area contributed by atoms with Gasteiger partial charge in [0.05, 0.1) is 0 Å². The normalized spacial score (nSPS) is 11.6. The molecule has 0 atom stereocenters. The van der Waals surface area contributed by atoms with Gasteiger partial charge in [-0.25, -0.2) is 4.39 Å². The molecule has 2 rings (SSSR count). The number of hydrogen-bond donors (Lipinski definition) is 2. The number of anilines is 1.